The summed E-state index contributed by atoms with van der Waals surface area (Å²) < 4.78 is 18.0. The molecule has 2 aromatic carbocycles. The van der Waals surface area contributed by atoms with Crippen LogP contribution in [-0.4, -0.2) is 43.2 Å². The van der Waals surface area contributed by atoms with E-state index in [0.29, 0.717) is 30.2 Å². The van der Waals surface area contributed by atoms with Crippen molar-refractivity contribution in [3.05, 3.63) is 77.2 Å². The van der Waals surface area contributed by atoms with Gasteiger partial charge in [-0.25, -0.2) is 4.98 Å². The van der Waals surface area contributed by atoms with Gasteiger partial charge in [0.05, 0.1) is 21.3 Å². The Morgan fingerprint density at radius 1 is 0.882 bits per heavy atom. The summed E-state index contributed by atoms with van der Waals surface area (Å²) in [7, 11) is 4.90. The van der Waals surface area contributed by atoms with Gasteiger partial charge in [-0.2, -0.15) is 0 Å². The lowest BCUT2D eigenvalue weighted by atomic mass is 10.0. The molecule has 0 bridgehead atoms. The number of pyridine rings is 1. The van der Waals surface area contributed by atoms with E-state index >= 15 is 0 Å². The number of benzene rings is 2. The molecule has 0 saturated heterocycles. The molecule has 176 valence electrons. The summed E-state index contributed by atoms with van der Waals surface area (Å²) in [6, 6.07) is 13.9. The van der Waals surface area contributed by atoms with Gasteiger partial charge in [0, 0.05) is 18.9 Å². The molecule has 0 aliphatic rings. The van der Waals surface area contributed by atoms with Crippen molar-refractivity contribution in [2.75, 3.05) is 27.9 Å². The van der Waals surface area contributed by atoms with Gasteiger partial charge in [0.2, 0.25) is 0 Å². The van der Waals surface area contributed by atoms with Crippen molar-refractivity contribution in [1.82, 2.24) is 14.7 Å². The average molecular weight is 460 g/mol. The van der Waals surface area contributed by atoms with E-state index in [2.05, 4.69) is 22.4 Å². The standard InChI is InChI=1S/C27H29N3O4/c1-17-12-21(13-18(2)26(17)34-5)20-7-9-25-29-22(16-30(25)15-20)27(31)28-11-10-19-6-8-23(32-3)24(14-19)33-4/h6-9,12-16H,10-11H2,1-5H3,(H,28,31). The van der Waals surface area contributed by atoms with Crippen molar-refractivity contribution in [2.24, 2.45) is 0 Å². The highest BCUT2D eigenvalue weighted by Crippen LogP contribution is 2.30. The Labute approximate surface area is 199 Å². The molecule has 0 aliphatic heterocycles. The summed E-state index contributed by atoms with van der Waals surface area (Å²) in [6.45, 7) is 4.56. The largest absolute Gasteiger partial charge is 0.496 e. The molecule has 0 spiro atoms. The minimum absolute atomic E-state index is 0.207. The number of aryl methyl sites for hydroxylation is 2. The number of ether oxygens (including phenoxy) is 3. The predicted molar refractivity (Wildman–Crippen MR) is 132 cm³/mol. The number of nitrogens with zero attached hydrogens (tertiary/aromatic N) is 2. The molecular weight excluding hydrogens is 430 g/mol. The fraction of sp³-hybridized carbons (Fsp3) is 0.259. The van der Waals surface area contributed by atoms with Crippen molar-refractivity contribution in [2.45, 2.75) is 20.3 Å². The maximum Gasteiger partial charge on any atom is 0.271 e. The molecular formula is C27H29N3O4. The zero-order chi connectivity index (χ0) is 24.2. The van der Waals surface area contributed by atoms with E-state index in [1.54, 1.807) is 27.5 Å². The lowest BCUT2D eigenvalue weighted by molar-refractivity contribution is 0.0949. The minimum Gasteiger partial charge on any atom is -0.496 e. The van der Waals surface area contributed by atoms with Crippen LogP contribution in [0.4, 0.5) is 0 Å². The molecule has 0 unspecified atom stereocenters. The number of carbonyl (C=O) groups is 1. The highest BCUT2D eigenvalue weighted by atomic mass is 16.5. The molecule has 4 aromatic rings. The first-order valence-corrected chi connectivity index (χ1v) is 11.1. The Bertz CT molecular complexity index is 1320. The van der Waals surface area contributed by atoms with Crippen LogP contribution < -0.4 is 19.5 Å². The van der Waals surface area contributed by atoms with Crippen molar-refractivity contribution in [3.63, 3.8) is 0 Å². The molecule has 0 aliphatic carbocycles. The lowest BCUT2D eigenvalue weighted by Gasteiger charge is -2.11. The molecule has 0 fully saturated rings. The summed E-state index contributed by atoms with van der Waals surface area (Å²) in [4.78, 5) is 17.2. The predicted octanol–water partition coefficient (Wildman–Crippen LogP) is 4.62. The van der Waals surface area contributed by atoms with E-state index in [9.17, 15) is 4.79 Å². The maximum atomic E-state index is 12.7. The Morgan fingerprint density at radius 3 is 2.29 bits per heavy atom. The third kappa shape index (κ3) is 4.69. The topological polar surface area (TPSA) is 74.1 Å². The fourth-order valence-electron chi connectivity index (χ4n) is 4.16. The molecule has 0 saturated carbocycles. The molecule has 2 heterocycles. The molecule has 0 atom stereocenters. The highest BCUT2D eigenvalue weighted by Gasteiger charge is 2.13. The van der Waals surface area contributed by atoms with E-state index in [0.717, 1.165) is 39.2 Å². The number of rotatable bonds is 8. The Hall–Kier alpha value is -4.00. The molecule has 1 amide bonds. The van der Waals surface area contributed by atoms with Gasteiger partial charge in [-0.3, -0.25) is 4.79 Å². The molecule has 0 radical (unpaired) electrons. The molecule has 4 rings (SSSR count). The molecule has 7 nitrogen and oxygen atoms in total. The van der Waals surface area contributed by atoms with Crippen LogP contribution in [0.2, 0.25) is 0 Å². The summed E-state index contributed by atoms with van der Waals surface area (Å²) in [5.74, 6) is 2.05. The van der Waals surface area contributed by atoms with E-state index in [4.69, 9.17) is 14.2 Å². The zero-order valence-corrected chi connectivity index (χ0v) is 20.1. The first-order valence-electron chi connectivity index (χ1n) is 11.1. The second-order valence-corrected chi connectivity index (χ2v) is 8.15. The summed E-state index contributed by atoms with van der Waals surface area (Å²) in [6.07, 6.45) is 4.41. The molecule has 34 heavy (non-hydrogen) atoms. The Morgan fingerprint density at radius 2 is 1.62 bits per heavy atom. The van der Waals surface area contributed by atoms with E-state index in [-0.39, 0.29) is 5.91 Å². The van der Waals surface area contributed by atoms with Crippen LogP contribution in [0.25, 0.3) is 16.8 Å². The van der Waals surface area contributed by atoms with Crippen molar-refractivity contribution < 1.29 is 19.0 Å². The van der Waals surface area contributed by atoms with Crippen LogP contribution in [-0.2, 0) is 6.42 Å². The normalized spacial score (nSPS) is 10.9. The number of nitrogens with one attached hydrogen (secondary N) is 1. The number of fused-ring (bicyclic) bond motifs is 1. The van der Waals surface area contributed by atoms with E-state index in [1.165, 1.54) is 0 Å². The SMILES string of the molecule is COc1ccc(CCNC(=O)c2cn3cc(-c4cc(C)c(OC)c(C)c4)ccc3n2)cc1OC. The summed E-state index contributed by atoms with van der Waals surface area (Å²) in [5.41, 5.74) is 6.44. The van der Waals surface area contributed by atoms with Crippen molar-refractivity contribution in [1.29, 1.82) is 0 Å². The smallest absolute Gasteiger partial charge is 0.271 e. The van der Waals surface area contributed by atoms with Crippen molar-refractivity contribution >= 4 is 11.6 Å². The zero-order valence-electron chi connectivity index (χ0n) is 20.1. The number of hydrogen-bond donors (Lipinski definition) is 1. The number of imidazole rings is 1. The maximum absolute atomic E-state index is 12.7. The van der Waals surface area contributed by atoms with Gasteiger partial charge in [0.25, 0.3) is 5.91 Å². The Kier molecular flexibility index (Phi) is 6.72. The van der Waals surface area contributed by atoms with E-state index in [1.807, 2.05) is 54.8 Å². The highest BCUT2D eigenvalue weighted by molar-refractivity contribution is 5.93. The second kappa shape index (κ2) is 9.87. The second-order valence-electron chi connectivity index (χ2n) is 8.15. The van der Waals surface area contributed by atoms with Gasteiger partial charge in [-0.05, 0) is 84.5 Å². The van der Waals surface area contributed by atoms with Crippen LogP contribution in [0.1, 0.15) is 27.2 Å². The average Bonchev–Trinajstić information content (AvgIpc) is 3.27. The first-order chi connectivity index (χ1) is 16.4. The summed E-state index contributed by atoms with van der Waals surface area (Å²) in [5, 5.41) is 2.95. The quantitative estimate of drug-likeness (QED) is 0.416. The number of hydrogen-bond acceptors (Lipinski definition) is 5. The van der Waals surface area contributed by atoms with Gasteiger partial charge in [0.15, 0.2) is 11.5 Å². The Balaban J connectivity index is 1.46. The van der Waals surface area contributed by atoms with Crippen LogP contribution in [0.15, 0.2) is 54.9 Å². The van der Waals surface area contributed by atoms with Crippen molar-refractivity contribution in [3.8, 4) is 28.4 Å². The third-order valence-electron chi connectivity index (χ3n) is 5.83. The number of amides is 1. The van der Waals surface area contributed by atoms with E-state index < -0.39 is 0 Å². The lowest BCUT2D eigenvalue weighted by Crippen LogP contribution is -2.26. The third-order valence-corrected chi connectivity index (χ3v) is 5.83. The van der Waals surface area contributed by atoms with Gasteiger partial charge in [-0.1, -0.05) is 6.07 Å². The molecule has 7 heteroatoms. The number of aromatic nitrogens is 2. The van der Waals surface area contributed by atoms with Gasteiger partial charge < -0.3 is 23.9 Å². The van der Waals surface area contributed by atoms with Crippen LogP contribution >= 0.6 is 0 Å². The van der Waals surface area contributed by atoms with Crippen LogP contribution in [0.5, 0.6) is 17.2 Å². The molecule has 1 N–H and O–H groups in total. The number of carbonyl (C=O) groups excluding carboxylic acids is 1. The summed E-state index contributed by atoms with van der Waals surface area (Å²) >= 11 is 0. The first kappa shape index (κ1) is 23.2. The van der Waals surface area contributed by atoms with Crippen LogP contribution in [0, 0.1) is 13.8 Å². The van der Waals surface area contributed by atoms with Gasteiger partial charge in [0.1, 0.15) is 17.1 Å². The monoisotopic (exact) mass is 459 g/mol. The van der Waals surface area contributed by atoms with Crippen LogP contribution in [0.3, 0.4) is 0 Å². The van der Waals surface area contributed by atoms with Gasteiger partial charge >= 0.3 is 0 Å². The van der Waals surface area contributed by atoms with Gasteiger partial charge in [-0.15, -0.1) is 0 Å². The molecule has 2 aromatic heterocycles. The number of methoxy groups -OCH3 is 3. The fourth-order valence-corrected chi connectivity index (χ4v) is 4.16. The minimum atomic E-state index is -0.207.